The molecule has 1 fully saturated rings. The van der Waals surface area contributed by atoms with Crippen molar-refractivity contribution in [2.45, 2.75) is 38.7 Å². The number of benzene rings is 1. The SMILES string of the molecule is B[C@@H]1CC(C(=O)Nc2nc(Br)ccc2C)N(C(=O)Cn2nc(C(C)=O)c3cc(-c4cnc(OC)nc4)ccc32)C1. The Hall–Kier alpha value is -4.13. The zero-order chi connectivity index (χ0) is 28.6. The zero-order valence-corrected chi connectivity index (χ0v) is 24.1. The Bertz CT molecular complexity index is 1630. The van der Waals surface area contributed by atoms with E-state index in [0.717, 1.165) is 16.7 Å². The third-order valence-corrected chi connectivity index (χ3v) is 7.39. The summed E-state index contributed by atoms with van der Waals surface area (Å²) < 4.78 is 7.17. The molecule has 4 aromatic rings. The first-order valence-corrected chi connectivity index (χ1v) is 13.5. The average Bonchev–Trinajstić information content (AvgIpc) is 3.51. The summed E-state index contributed by atoms with van der Waals surface area (Å²) in [6.07, 6.45) is 3.81. The summed E-state index contributed by atoms with van der Waals surface area (Å²) in [4.78, 5) is 53.6. The predicted molar refractivity (Wildman–Crippen MR) is 155 cm³/mol. The van der Waals surface area contributed by atoms with Gasteiger partial charge in [0.25, 0.3) is 0 Å². The number of Topliss-reactive ketones (excluding diaryl/α,β-unsaturated/α-hetero) is 1. The summed E-state index contributed by atoms with van der Waals surface area (Å²) >= 11 is 3.33. The van der Waals surface area contributed by atoms with Crippen LogP contribution in [0, 0.1) is 6.92 Å². The number of aryl methyl sites for hydroxylation is 1. The van der Waals surface area contributed by atoms with Crippen LogP contribution in [0.15, 0.2) is 47.3 Å². The van der Waals surface area contributed by atoms with E-state index in [9.17, 15) is 14.4 Å². The molecule has 3 aromatic heterocycles. The number of hydrogen-bond acceptors (Lipinski definition) is 8. The van der Waals surface area contributed by atoms with Gasteiger partial charge in [-0.1, -0.05) is 12.1 Å². The van der Waals surface area contributed by atoms with E-state index in [2.05, 4.69) is 41.3 Å². The first kappa shape index (κ1) is 27.4. The fraction of sp³-hybridized carbons (Fsp3) is 0.296. The van der Waals surface area contributed by atoms with Gasteiger partial charge in [0.1, 0.15) is 36.5 Å². The smallest absolute Gasteiger partial charge is 0.316 e. The summed E-state index contributed by atoms with van der Waals surface area (Å²) in [5.41, 5.74) is 3.26. The summed E-state index contributed by atoms with van der Waals surface area (Å²) in [7, 11) is 3.51. The number of carbonyl (C=O) groups excluding carboxylic acids is 3. The summed E-state index contributed by atoms with van der Waals surface area (Å²) in [5, 5.41) is 7.99. The van der Waals surface area contributed by atoms with Crippen LogP contribution in [0.3, 0.4) is 0 Å². The van der Waals surface area contributed by atoms with Gasteiger partial charge in [-0.3, -0.25) is 19.1 Å². The van der Waals surface area contributed by atoms with Gasteiger partial charge in [0.15, 0.2) is 5.78 Å². The van der Waals surface area contributed by atoms with Crippen molar-refractivity contribution in [3.8, 4) is 17.1 Å². The van der Waals surface area contributed by atoms with E-state index >= 15 is 0 Å². The predicted octanol–water partition coefficient (Wildman–Crippen LogP) is 2.83. The van der Waals surface area contributed by atoms with Crippen LogP contribution in [0.5, 0.6) is 6.01 Å². The maximum absolute atomic E-state index is 13.6. The lowest BCUT2D eigenvalue weighted by Gasteiger charge is -2.24. The van der Waals surface area contributed by atoms with E-state index in [1.165, 1.54) is 18.7 Å². The maximum Gasteiger partial charge on any atom is 0.316 e. The second-order valence-electron chi connectivity index (χ2n) is 9.94. The Labute approximate surface area is 239 Å². The lowest BCUT2D eigenvalue weighted by molar-refractivity contribution is -0.137. The number of ether oxygens (including phenoxy) is 1. The van der Waals surface area contributed by atoms with Gasteiger partial charge < -0.3 is 15.0 Å². The van der Waals surface area contributed by atoms with E-state index in [1.54, 1.807) is 23.4 Å². The molecule has 0 spiro atoms. The van der Waals surface area contributed by atoms with Gasteiger partial charge in [0.2, 0.25) is 11.8 Å². The van der Waals surface area contributed by atoms with Crippen LogP contribution in [0.4, 0.5) is 5.82 Å². The Morgan fingerprint density at radius 2 is 1.90 bits per heavy atom. The van der Waals surface area contributed by atoms with Gasteiger partial charge in [-0.05, 0) is 64.4 Å². The molecule has 0 saturated carbocycles. The van der Waals surface area contributed by atoms with Gasteiger partial charge >= 0.3 is 6.01 Å². The van der Waals surface area contributed by atoms with Gasteiger partial charge in [-0.2, -0.15) is 5.10 Å². The Morgan fingerprint density at radius 3 is 2.60 bits per heavy atom. The standard InChI is InChI=1S/C27H27BBrN7O4/c1-14-4-7-22(29)32-25(14)33-26(39)21-9-18(28)12-35(21)23(38)13-36-20-6-5-16(8-19(20)24(34-36)15(2)37)17-10-30-27(40-3)31-11-17/h4-8,10-11,18,21H,9,12-13,28H2,1-3H3,(H,32,33,39)/t18-,21?/m1/s1. The molecule has 1 unspecified atom stereocenters. The molecular weight excluding hydrogens is 577 g/mol. The van der Waals surface area contributed by atoms with Crippen molar-refractivity contribution >= 4 is 58.1 Å². The number of nitrogens with zero attached hydrogens (tertiary/aromatic N) is 6. The second-order valence-corrected chi connectivity index (χ2v) is 10.8. The van der Waals surface area contributed by atoms with E-state index in [1.807, 2.05) is 39.0 Å². The minimum absolute atomic E-state index is 0.112. The molecule has 5 rings (SSSR count). The summed E-state index contributed by atoms with van der Waals surface area (Å²) in [6.45, 7) is 3.64. The number of pyridine rings is 1. The molecule has 2 atom stereocenters. The fourth-order valence-electron chi connectivity index (χ4n) is 4.93. The monoisotopic (exact) mass is 603 g/mol. The van der Waals surface area contributed by atoms with E-state index < -0.39 is 6.04 Å². The molecule has 0 bridgehead atoms. The number of nitrogens with one attached hydrogen (secondary N) is 1. The molecule has 1 saturated heterocycles. The molecule has 0 radical (unpaired) electrons. The average molecular weight is 604 g/mol. The normalized spacial score (nSPS) is 16.8. The fourth-order valence-corrected chi connectivity index (χ4v) is 5.24. The van der Waals surface area contributed by atoms with E-state index in [-0.39, 0.29) is 41.7 Å². The van der Waals surface area contributed by atoms with Crippen LogP contribution in [-0.2, 0) is 16.1 Å². The molecule has 1 aromatic carbocycles. The number of anilines is 1. The minimum atomic E-state index is -0.640. The quantitative estimate of drug-likeness (QED) is 0.194. The molecule has 11 nitrogen and oxygen atoms in total. The van der Waals surface area contributed by atoms with Crippen LogP contribution in [0.25, 0.3) is 22.0 Å². The maximum atomic E-state index is 13.6. The van der Waals surface area contributed by atoms with Crippen LogP contribution >= 0.6 is 15.9 Å². The second kappa shape index (κ2) is 11.2. The molecule has 4 heterocycles. The van der Waals surface area contributed by atoms with Gasteiger partial charge in [0.05, 0.1) is 12.6 Å². The van der Waals surface area contributed by atoms with Crippen LogP contribution < -0.4 is 10.1 Å². The summed E-state index contributed by atoms with van der Waals surface area (Å²) in [6, 6.07) is 8.80. The van der Waals surface area contributed by atoms with Gasteiger partial charge in [0, 0.05) is 36.8 Å². The van der Waals surface area contributed by atoms with Crippen molar-refractivity contribution in [3.63, 3.8) is 0 Å². The molecule has 204 valence electrons. The van der Waals surface area contributed by atoms with Crippen molar-refractivity contribution in [2.24, 2.45) is 0 Å². The lowest BCUT2D eigenvalue weighted by Crippen LogP contribution is -2.44. The molecule has 1 aliphatic heterocycles. The summed E-state index contributed by atoms with van der Waals surface area (Å²) in [5.74, 6) is -0.160. The highest BCUT2D eigenvalue weighted by molar-refractivity contribution is 9.10. The third-order valence-electron chi connectivity index (χ3n) is 6.95. The van der Waals surface area contributed by atoms with Crippen molar-refractivity contribution < 1.29 is 19.1 Å². The van der Waals surface area contributed by atoms with Crippen LogP contribution in [0.2, 0.25) is 5.82 Å². The van der Waals surface area contributed by atoms with E-state index in [4.69, 9.17) is 4.74 Å². The van der Waals surface area contributed by atoms with Gasteiger partial charge in [-0.25, -0.2) is 15.0 Å². The number of rotatable bonds is 7. The van der Waals surface area contributed by atoms with Crippen LogP contribution in [0.1, 0.15) is 29.4 Å². The molecule has 0 aliphatic carbocycles. The topological polar surface area (TPSA) is 132 Å². The number of hydrogen-bond donors (Lipinski definition) is 1. The Morgan fingerprint density at radius 1 is 1.15 bits per heavy atom. The number of fused-ring (bicyclic) bond motifs is 1. The molecule has 40 heavy (non-hydrogen) atoms. The number of methoxy groups -OCH3 is 1. The first-order chi connectivity index (χ1) is 19.1. The molecule has 1 aliphatic rings. The number of halogens is 1. The van der Waals surface area contributed by atoms with Crippen molar-refractivity contribution in [3.05, 3.63) is 58.6 Å². The van der Waals surface area contributed by atoms with E-state index in [0.29, 0.717) is 34.3 Å². The number of ketones is 1. The molecule has 1 N–H and O–H groups in total. The third kappa shape index (κ3) is 5.46. The highest BCUT2D eigenvalue weighted by Crippen LogP contribution is 2.30. The number of carbonyl (C=O) groups is 3. The Balaban J connectivity index is 1.41. The zero-order valence-electron chi connectivity index (χ0n) is 22.5. The van der Waals surface area contributed by atoms with Crippen molar-refractivity contribution in [1.29, 1.82) is 0 Å². The lowest BCUT2D eigenvalue weighted by atomic mass is 9.85. The first-order valence-electron chi connectivity index (χ1n) is 12.8. The number of likely N-dealkylation sites (tertiary alicyclic amines) is 1. The Kier molecular flexibility index (Phi) is 7.66. The van der Waals surface area contributed by atoms with Crippen LogP contribution in [-0.4, -0.2) is 74.8 Å². The molecule has 2 amide bonds. The van der Waals surface area contributed by atoms with Crippen molar-refractivity contribution in [1.82, 2.24) is 29.6 Å². The molecule has 13 heteroatoms. The highest BCUT2D eigenvalue weighted by atomic mass is 79.9. The number of aromatic nitrogens is 5. The number of amides is 2. The molecular formula is C27H27BBrN7O4. The minimum Gasteiger partial charge on any atom is -0.467 e. The van der Waals surface area contributed by atoms with Gasteiger partial charge in [-0.15, -0.1) is 0 Å². The van der Waals surface area contributed by atoms with Crippen molar-refractivity contribution in [2.75, 3.05) is 19.0 Å². The highest BCUT2D eigenvalue weighted by Gasteiger charge is 2.38. The largest absolute Gasteiger partial charge is 0.467 e.